The second-order valence-electron chi connectivity index (χ2n) is 5.39. The number of ether oxygens (including phenoxy) is 1. The fraction of sp³-hybridized carbons (Fsp3) is 0.400. The monoisotopic (exact) mass is 301 g/mol. The first-order valence-electron chi connectivity index (χ1n) is 7.19. The summed E-state index contributed by atoms with van der Waals surface area (Å²) in [5, 5.41) is 0. The van der Waals surface area contributed by atoms with E-state index in [1.54, 1.807) is 29.6 Å². The summed E-state index contributed by atoms with van der Waals surface area (Å²) in [4.78, 5) is 27.7. The topological polar surface area (TPSA) is 74.4 Å². The Labute approximate surface area is 128 Å². The maximum atomic E-state index is 12.4. The molecule has 0 unspecified atom stereocenters. The van der Waals surface area contributed by atoms with E-state index < -0.39 is 0 Å². The third-order valence-electron chi connectivity index (χ3n) is 3.59. The number of morpholine rings is 1. The second kappa shape index (κ2) is 6.15. The summed E-state index contributed by atoms with van der Waals surface area (Å²) in [6, 6.07) is 3.61. The van der Waals surface area contributed by atoms with Crippen molar-refractivity contribution in [1.82, 2.24) is 19.9 Å². The third-order valence-corrected chi connectivity index (χ3v) is 3.59. The Hall–Kier alpha value is -2.41. The summed E-state index contributed by atoms with van der Waals surface area (Å²) in [5.74, 6) is 0.645. The van der Waals surface area contributed by atoms with Gasteiger partial charge in [-0.2, -0.15) is 0 Å². The van der Waals surface area contributed by atoms with Crippen LogP contribution in [0, 0.1) is 0 Å². The largest absolute Gasteiger partial charge is 0.368 e. The molecule has 1 aliphatic heterocycles. The average Bonchev–Trinajstić information content (AvgIpc) is 3.09. The molecule has 1 saturated heterocycles. The van der Waals surface area contributed by atoms with E-state index in [-0.39, 0.29) is 12.0 Å². The Morgan fingerprint density at radius 3 is 3.05 bits per heavy atom. The third kappa shape index (κ3) is 2.94. The Morgan fingerprint density at radius 1 is 1.45 bits per heavy atom. The number of hydrogen-bond donors (Lipinski definition) is 1. The Kier molecular flexibility index (Phi) is 4.06. The first-order chi connectivity index (χ1) is 10.6. The minimum absolute atomic E-state index is 0.0106. The number of aromatic nitrogens is 3. The van der Waals surface area contributed by atoms with Crippen molar-refractivity contribution in [3.63, 3.8) is 0 Å². The van der Waals surface area contributed by atoms with E-state index in [0.29, 0.717) is 31.2 Å². The van der Waals surface area contributed by atoms with E-state index in [4.69, 9.17) is 4.74 Å². The van der Waals surface area contributed by atoms with E-state index in [2.05, 4.69) is 15.0 Å². The molecule has 1 atom stereocenters. The molecule has 1 aliphatic rings. The molecule has 0 radical (unpaired) electrons. The zero-order valence-corrected chi connectivity index (χ0v) is 12.7. The van der Waals surface area contributed by atoms with Crippen LogP contribution in [0.1, 0.15) is 22.2 Å². The summed E-state index contributed by atoms with van der Waals surface area (Å²) >= 11 is 0. The standard InChI is InChI=1S/C15H19N5O2/c1-19(2)15-17-6-4-12(18-15)13-10-20(7-8-22-13)14(21)11-3-5-16-9-11/h3-6,9,13,16H,7-8,10H2,1-2H3/t13-/m1/s1. The molecule has 7 nitrogen and oxygen atoms in total. The van der Waals surface area contributed by atoms with Gasteiger partial charge < -0.3 is 19.5 Å². The molecule has 22 heavy (non-hydrogen) atoms. The average molecular weight is 301 g/mol. The number of hydrogen-bond acceptors (Lipinski definition) is 5. The number of amides is 1. The van der Waals surface area contributed by atoms with Gasteiger partial charge in [0, 0.05) is 39.2 Å². The molecule has 2 aromatic heterocycles. The zero-order chi connectivity index (χ0) is 15.5. The van der Waals surface area contributed by atoms with Gasteiger partial charge in [-0.1, -0.05) is 0 Å². The van der Waals surface area contributed by atoms with Crippen LogP contribution < -0.4 is 4.90 Å². The zero-order valence-electron chi connectivity index (χ0n) is 12.7. The molecule has 7 heteroatoms. The van der Waals surface area contributed by atoms with Crippen molar-refractivity contribution in [1.29, 1.82) is 0 Å². The number of rotatable bonds is 3. The van der Waals surface area contributed by atoms with Crippen LogP contribution in [0.5, 0.6) is 0 Å². The van der Waals surface area contributed by atoms with Gasteiger partial charge in [-0.25, -0.2) is 9.97 Å². The number of H-pyrrole nitrogens is 1. The van der Waals surface area contributed by atoms with Crippen LogP contribution in [-0.2, 0) is 4.74 Å². The van der Waals surface area contributed by atoms with Gasteiger partial charge in [-0.05, 0) is 12.1 Å². The van der Waals surface area contributed by atoms with Gasteiger partial charge in [0.2, 0.25) is 5.95 Å². The van der Waals surface area contributed by atoms with Crippen molar-refractivity contribution in [3.05, 3.63) is 42.0 Å². The summed E-state index contributed by atoms with van der Waals surface area (Å²) < 4.78 is 5.79. The highest BCUT2D eigenvalue weighted by atomic mass is 16.5. The quantitative estimate of drug-likeness (QED) is 0.918. The predicted octanol–water partition coefficient (Wildman–Crippen LogP) is 1.08. The minimum atomic E-state index is -0.224. The van der Waals surface area contributed by atoms with E-state index in [0.717, 1.165) is 5.69 Å². The highest BCUT2D eigenvalue weighted by Crippen LogP contribution is 2.22. The highest BCUT2D eigenvalue weighted by molar-refractivity contribution is 5.94. The van der Waals surface area contributed by atoms with Gasteiger partial charge in [0.25, 0.3) is 5.91 Å². The minimum Gasteiger partial charge on any atom is -0.368 e. The molecule has 2 aromatic rings. The molecule has 1 fully saturated rings. The van der Waals surface area contributed by atoms with Gasteiger partial charge in [-0.15, -0.1) is 0 Å². The fourth-order valence-electron chi connectivity index (χ4n) is 2.41. The van der Waals surface area contributed by atoms with Gasteiger partial charge in [-0.3, -0.25) is 4.79 Å². The van der Waals surface area contributed by atoms with Gasteiger partial charge in [0.1, 0.15) is 6.10 Å². The SMILES string of the molecule is CN(C)c1nccc([C@H]2CN(C(=O)c3cc[nH]c3)CCO2)n1. The molecule has 1 N–H and O–H groups in total. The van der Waals surface area contributed by atoms with Crippen molar-refractivity contribution in [2.24, 2.45) is 0 Å². The summed E-state index contributed by atoms with van der Waals surface area (Å²) in [7, 11) is 3.78. The van der Waals surface area contributed by atoms with E-state index >= 15 is 0 Å². The normalized spacial score (nSPS) is 18.3. The molecule has 0 saturated carbocycles. The number of carbonyl (C=O) groups excluding carboxylic acids is 1. The summed E-state index contributed by atoms with van der Waals surface area (Å²) in [5.41, 5.74) is 1.46. The molecule has 0 aliphatic carbocycles. The molecular formula is C15H19N5O2. The van der Waals surface area contributed by atoms with Crippen molar-refractivity contribution < 1.29 is 9.53 Å². The summed E-state index contributed by atoms with van der Waals surface area (Å²) in [6.07, 6.45) is 4.95. The van der Waals surface area contributed by atoms with Crippen LogP contribution in [0.15, 0.2) is 30.7 Å². The molecule has 0 spiro atoms. The maximum absolute atomic E-state index is 12.4. The summed E-state index contributed by atoms with van der Waals surface area (Å²) in [6.45, 7) is 1.59. The molecule has 3 rings (SSSR count). The van der Waals surface area contributed by atoms with Crippen LogP contribution in [-0.4, -0.2) is 59.6 Å². The number of anilines is 1. The lowest BCUT2D eigenvalue weighted by molar-refractivity contribution is -0.0247. The Morgan fingerprint density at radius 2 is 2.32 bits per heavy atom. The first kappa shape index (κ1) is 14.5. The lowest BCUT2D eigenvalue weighted by Crippen LogP contribution is -2.42. The maximum Gasteiger partial charge on any atom is 0.255 e. The van der Waals surface area contributed by atoms with Gasteiger partial charge in [0.15, 0.2) is 0 Å². The molecule has 0 bridgehead atoms. The van der Waals surface area contributed by atoms with Gasteiger partial charge >= 0.3 is 0 Å². The molecule has 0 aromatic carbocycles. The van der Waals surface area contributed by atoms with Crippen molar-refractivity contribution in [3.8, 4) is 0 Å². The number of carbonyl (C=O) groups is 1. The smallest absolute Gasteiger partial charge is 0.255 e. The first-order valence-corrected chi connectivity index (χ1v) is 7.19. The van der Waals surface area contributed by atoms with Crippen LogP contribution in [0.25, 0.3) is 0 Å². The molecule has 1 amide bonds. The Bertz CT molecular complexity index is 641. The highest BCUT2D eigenvalue weighted by Gasteiger charge is 2.27. The van der Waals surface area contributed by atoms with Gasteiger partial charge in [0.05, 0.1) is 24.4 Å². The number of nitrogens with one attached hydrogen (secondary N) is 1. The molecular weight excluding hydrogens is 282 g/mol. The van der Waals surface area contributed by atoms with E-state index in [9.17, 15) is 4.79 Å². The van der Waals surface area contributed by atoms with E-state index in [1.165, 1.54) is 0 Å². The predicted molar refractivity (Wildman–Crippen MR) is 81.7 cm³/mol. The van der Waals surface area contributed by atoms with Crippen molar-refractivity contribution in [2.45, 2.75) is 6.10 Å². The van der Waals surface area contributed by atoms with Crippen LogP contribution >= 0.6 is 0 Å². The second-order valence-corrected chi connectivity index (χ2v) is 5.39. The lowest BCUT2D eigenvalue weighted by Gasteiger charge is -2.32. The van der Waals surface area contributed by atoms with Crippen LogP contribution in [0.3, 0.4) is 0 Å². The molecule has 3 heterocycles. The number of nitrogens with zero attached hydrogens (tertiary/aromatic N) is 4. The van der Waals surface area contributed by atoms with E-state index in [1.807, 2.05) is 25.1 Å². The van der Waals surface area contributed by atoms with Crippen LogP contribution in [0.4, 0.5) is 5.95 Å². The van der Waals surface area contributed by atoms with Crippen LogP contribution in [0.2, 0.25) is 0 Å². The van der Waals surface area contributed by atoms with Crippen molar-refractivity contribution >= 4 is 11.9 Å². The lowest BCUT2D eigenvalue weighted by atomic mass is 10.2. The van der Waals surface area contributed by atoms with Crippen molar-refractivity contribution in [2.75, 3.05) is 38.7 Å². The number of aromatic amines is 1. The fourth-order valence-corrected chi connectivity index (χ4v) is 2.41. The Balaban J connectivity index is 1.75. The molecule has 116 valence electrons.